The van der Waals surface area contributed by atoms with Crippen molar-refractivity contribution in [3.8, 4) is 0 Å². The number of hydrogen-bond donors (Lipinski definition) is 1. The molecule has 1 heterocycles. The zero-order valence-electron chi connectivity index (χ0n) is 13.3. The van der Waals surface area contributed by atoms with Gasteiger partial charge in [-0.3, -0.25) is 0 Å². The lowest BCUT2D eigenvalue weighted by Gasteiger charge is -2.16. The standard InChI is InChI=1S/C18H23NO3/c1-12-10-13(18(21)22-2)11-15-14-6-3-4-7-16(14)19(17(12)15)8-5-9-20/h10-11,20H,3-9H2,1-2H3. The number of aromatic nitrogens is 1. The lowest BCUT2D eigenvalue weighted by atomic mass is 9.94. The molecule has 1 N–H and O–H groups in total. The molecule has 0 amide bonds. The Balaban J connectivity index is 2.23. The first-order valence-corrected chi connectivity index (χ1v) is 8.01. The maximum absolute atomic E-state index is 11.9. The van der Waals surface area contributed by atoms with Crippen molar-refractivity contribution >= 4 is 16.9 Å². The van der Waals surface area contributed by atoms with Crippen LogP contribution in [-0.2, 0) is 24.1 Å². The highest BCUT2D eigenvalue weighted by Crippen LogP contribution is 2.35. The Kier molecular flexibility index (Phi) is 4.21. The van der Waals surface area contributed by atoms with Gasteiger partial charge in [-0.25, -0.2) is 4.79 Å². The second kappa shape index (κ2) is 6.13. The van der Waals surface area contributed by atoms with Crippen molar-refractivity contribution in [1.29, 1.82) is 0 Å². The van der Waals surface area contributed by atoms with Gasteiger partial charge < -0.3 is 14.4 Å². The maximum Gasteiger partial charge on any atom is 0.337 e. The van der Waals surface area contributed by atoms with Crippen molar-refractivity contribution in [1.82, 2.24) is 4.57 Å². The number of hydrogen-bond acceptors (Lipinski definition) is 3. The number of carbonyl (C=O) groups excluding carboxylic acids is 1. The van der Waals surface area contributed by atoms with Crippen LogP contribution in [0.4, 0.5) is 0 Å². The minimum absolute atomic E-state index is 0.202. The van der Waals surface area contributed by atoms with Crippen molar-refractivity contribution in [2.75, 3.05) is 13.7 Å². The van der Waals surface area contributed by atoms with Gasteiger partial charge in [-0.2, -0.15) is 0 Å². The Morgan fingerprint density at radius 1 is 1.32 bits per heavy atom. The van der Waals surface area contributed by atoms with Crippen molar-refractivity contribution in [2.24, 2.45) is 0 Å². The Labute approximate surface area is 130 Å². The van der Waals surface area contributed by atoms with Crippen LogP contribution in [0.3, 0.4) is 0 Å². The molecular weight excluding hydrogens is 278 g/mol. The third-order valence-electron chi connectivity index (χ3n) is 4.62. The molecule has 0 atom stereocenters. The van der Waals surface area contributed by atoms with E-state index < -0.39 is 0 Å². The maximum atomic E-state index is 11.9. The van der Waals surface area contributed by atoms with Gasteiger partial charge in [-0.15, -0.1) is 0 Å². The number of rotatable bonds is 4. The van der Waals surface area contributed by atoms with Crippen molar-refractivity contribution < 1.29 is 14.6 Å². The number of fused-ring (bicyclic) bond motifs is 3. The molecule has 0 saturated carbocycles. The van der Waals surface area contributed by atoms with Crippen LogP contribution < -0.4 is 0 Å². The van der Waals surface area contributed by atoms with Crippen LogP contribution >= 0.6 is 0 Å². The van der Waals surface area contributed by atoms with Crippen LogP contribution in [-0.4, -0.2) is 29.4 Å². The smallest absolute Gasteiger partial charge is 0.337 e. The highest BCUT2D eigenvalue weighted by Gasteiger charge is 2.22. The Morgan fingerprint density at radius 2 is 2.09 bits per heavy atom. The van der Waals surface area contributed by atoms with Crippen molar-refractivity contribution in [2.45, 2.75) is 45.6 Å². The number of ether oxygens (including phenoxy) is 1. The van der Waals surface area contributed by atoms with Gasteiger partial charge in [-0.05, 0) is 62.3 Å². The summed E-state index contributed by atoms with van der Waals surface area (Å²) in [6.07, 6.45) is 5.33. The molecule has 0 aliphatic heterocycles. The van der Waals surface area contributed by atoms with E-state index in [1.807, 2.05) is 12.1 Å². The van der Waals surface area contributed by atoms with Gasteiger partial charge in [0.15, 0.2) is 0 Å². The van der Waals surface area contributed by atoms with Crippen LogP contribution in [0.2, 0.25) is 0 Å². The summed E-state index contributed by atoms with van der Waals surface area (Å²) in [5, 5.41) is 10.4. The quantitative estimate of drug-likeness (QED) is 0.883. The summed E-state index contributed by atoms with van der Waals surface area (Å²) >= 11 is 0. The zero-order chi connectivity index (χ0) is 15.7. The molecule has 0 fully saturated rings. The molecule has 4 heteroatoms. The summed E-state index contributed by atoms with van der Waals surface area (Å²) in [7, 11) is 1.42. The monoisotopic (exact) mass is 301 g/mol. The van der Waals surface area contributed by atoms with E-state index in [0.29, 0.717) is 5.56 Å². The molecule has 22 heavy (non-hydrogen) atoms. The number of esters is 1. The average Bonchev–Trinajstić information content (AvgIpc) is 2.86. The lowest BCUT2D eigenvalue weighted by molar-refractivity contribution is 0.0601. The third kappa shape index (κ3) is 2.41. The largest absolute Gasteiger partial charge is 0.465 e. The van der Waals surface area contributed by atoms with Crippen LogP contribution in [0, 0.1) is 6.92 Å². The van der Waals surface area contributed by atoms with Crippen molar-refractivity contribution in [3.63, 3.8) is 0 Å². The van der Waals surface area contributed by atoms with Crippen LogP contribution in [0.1, 0.15) is 46.4 Å². The third-order valence-corrected chi connectivity index (χ3v) is 4.62. The van der Waals surface area contributed by atoms with E-state index in [4.69, 9.17) is 4.74 Å². The first-order chi connectivity index (χ1) is 10.7. The molecule has 0 bridgehead atoms. The molecule has 1 aliphatic rings. The van der Waals surface area contributed by atoms with Gasteiger partial charge >= 0.3 is 5.97 Å². The van der Waals surface area contributed by atoms with Gasteiger partial charge in [0.05, 0.1) is 18.2 Å². The van der Waals surface area contributed by atoms with E-state index in [0.717, 1.165) is 31.4 Å². The summed E-state index contributed by atoms with van der Waals surface area (Å²) in [6.45, 7) is 3.09. The fourth-order valence-corrected chi connectivity index (χ4v) is 3.69. The molecule has 1 aliphatic carbocycles. The minimum atomic E-state index is -0.280. The van der Waals surface area contributed by atoms with E-state index in [1.54, 1.807) is 0 Å². The summed E-state index contributed by atoms with van der Waals surface area (Å²) < 4.78 is 7.23. The number of aliphatic hydroxyl groups excluding tert-OH is 1. The SMILES string of the molecule is COC(=O)c1cc(C)c2c(c1)c1c(n2CCCO)CCCC1. The highest BCUT2D eigenvalue weighted by molar-refractivity contribution is 5.98. The predicted octanol–water partition coefficient (Wildman–Crippen LogP) is 3.00. The van der Waals surface area contributed by atoms with E-state index in [9.17, 15) is 9.90 Å². The van der Waals surface area contributed by atoms with Crippen LogP contribution in [0.25, 0.3) is 10.9 Å². The fraction of sp³-hybridized carbons (Fsp3) is 0.500. The highest BCUT2D eigenvalue weighted by atomic mass is 16.5. The minimum Gasteiger partial charge on any atom is -0.465 e. The van der Waals surface area contributed by atoms with Crippen LogP contribution in [0.5, 0.6) is 0 Å². The topological polar surface area (TPSA) is 51.5 Å². The second-order valence-corrected chi connectivity index (χ2v) is 6.04. The zero-order valence-corrected chi connectivity index (χ0v) is 13.3. The molecule has 0 saturated heterocycles. The number of methoxy groups -OCH3 is 1. The molecule has 4 nitrogen and oxygen atoms in total. The summed E-state index contributed by atoms with van der Waals surface area (Å²) in [5.74, 6) is -0.280. The molecular formula is C18H23NO3. The van der Waals surface area contributed by atoms with Gasteiger partial charge in [0.25, 0.3) is 0 Å². The predicted molar refractivity (Wildman–Crippen MR) is 86.4 cm³/mol. The van der Waals surface area contributed by atoms with E-state index in [1.165, 1.54) is 42.1 Å². The van der Waals surface area contributed by atoms with E-state index in [2.05, 4.69) is 11.5 Å². The summed E-state index contributed by atoms with van der Waals surface area (Å²) in [6, 6.07) is 3.89. The molecule has 118 valence electrons. The Hall–Kier alpha value is -1.81. The molecule has 0 unspecified atom stereocenters. The second-order valence-electron chi connectivity index (χ2n) is 6.04. The Bertz CT molecular complexity index is 715. The molecule has 0 spiro atoms. The lowest BCUT2D eigenvalue weighted by Crippen LogP contribution is -2.09. The number of aliphatic hydroxyl groups is 1. The molecule has 2 aromatic rings. The number of carbonyl (C=O) groups is 1. The molecule has 1 aromatic heterocycles. The summed E-state index contributed by atoms with van der Waals surface area (Å²) in [5.41, 5.74) is 5.71. The van der Waals surface area contributed by atoms with Crippen molar-refractivity contribution in [3.05, 3.63) is 34.5 Å². The molecule has 1 aromatic carbocycles. The van der Waals surface area contributed by atoms with E-state index in [-0.39, 0.29) is 12.6 Å². The first kappa shape index (κ1) is 15.1. The van der Waals surface area contributed by atoms with Gasteiger partial charge in [-0.1, -0.05) is 0 Å². The average molecular weight is 301 g/mol. The number of benzene rings is 1. The van der Waals surface area contributed by atoms with Gasteiger partial charge in [0.1, 0.15) is 0 Å². The number of aryl methyl sites for hydroxylation is 3. The summed E-state index contributed by atoms with van der Waals surface area (Å²) in [4.78, 5) is 11.9. The van der Waals surface area contributed by atoms with Crippen LogP contribution in [0.15, 0.2) is 12.1 Å². The first-order valence-electron chi connectivity index (χ1n) is 8.01. The van der Waals surface area contributed by atoms with Gasteiger partial charge in [0.2, 0.25) is 0 Å². The molecule has 0 radical (unpaired) electrons. The fourth-order valence-electron chi connectivity index (χ4n) is 3.69. The number of nitrogens with zero attached hydrogens (tertiary/aromatic N) is 1. The van der Waals surface area contributed by atoms with E-state index >= 15 is 0 Å². The molecule has 3 rings (SSSR count). The normalized spacial score (nSPS) is 14.1. The van der Waals surface area contributed by atoms with Gasteiger partial charge in [0, 0.05) is 24.2 Å². The Morgan fingerprint density at radius 3 is 2.82 bits per heavy atom.